The number of nitrogens with zero attached hydrogens (tertiary/aromatic N) is 3. The number of imidazole rings is 1. The van der Waals surface area contributed by atoms with E-state index in [-0.39, 0.29) is 29.5 Å². The first kappa shape index (κ1) is 14.7. The molecule has 0 aromatic carbocycles. The van der Waals surface area contributed by atoms with Gasteiger partial charge in [0.2, 0.25) is 5.95 Å². The summed E-state index contributed by atoms with van der Waals surface area (Å²) in [6.07, 6.45) is -0.876. The van der Waals surface area contributed by atoms with Crippen LogP contribution in [-0.2, 0) is 14.3 Å². The molecule has 0 fully saturated rings. The van der Waals surface area contributed by atoms with Crippen LogP contribution in [0.5, 0.6) is 0 Å². The Morgan fingerprint density at radius 2 is 2.24 bits per heavy atom. The average Bonchev–Trinajstić information content (AvgIpc) is 2.76. The SMILES string of the molecule is CCOC(OC(C)=O)n1c(C=O)nc2c(=O)[nH]c(N)nc21. The molecule has 0 aliphatic heterocycles. The minimum atomic E-state index is -1.27. The van der Waals surface area contributed by atoms with E-state index < -0.39 is 17.9 Å². The Hall–Kier alpha value is -2.75. The molecule has 10 heteroatoms. The van der Waals surface area contributed by atoms with Crippen molar-refractivity contribution in [2.45, 2.75) is 20.3 Å². The summed E-state index contributed by atoms with van der Waals surface area (Å²) in [6, 6.07) is 0. The van der Waals surface area contributed by atoms with Crippen molar-refractivity contribution in [2.24, 2.45) is 0 Å². The van der Waals surface area contributed by atoms with E-state index in [2.05, 4.69) is 15.0 Å². The van der Waals surface area contributed by atoms with Gasteiger partial charge in [-0.05, 0) is 6.92 Å². The summed E-state index contributed by atoms with van der Waals surface area (Å²) in [4.78, 5) is 44.1. The second-order valence-corrected chi connectivity index (χ2v) is 3.95. The highest BCUT2D eigenvalue weighted by Crippen LogP contribution is 2.19. The first-order chi connectivity index (χ1) is 9.97. The van der Waals surface area contributed by atoms with Crippen molar-refractivity contribution in [3.8, 4) is 0 Å². The summed E-state index contributed by atoms with van der Waals surface area (Å²) >= 11 is 0. The maximum atomic E-state index is 11.8. The Kier molecular flexibility index (Phi) is 3.98. The number of hydrogen-bond donors (Lipinski definition) is 2. The lowest BCUT2D eigenvalue weighted by Crippen LogP contribution is -2.22. The molecule has 2 rings (SSSR count). The lowest BCUT2D eigenvalue weighted by molar-refractivity contribution is -0.197. The number of carbonyl (C=O) groups excluding carboxylic acids is 2. The highest BCUT2D eigenvalue weighted by atomic mass is 16.7. The zero-order valence-electron chi connectivity index (χ0n) is 11.3. The molecule has 0 radical (unpaired) electrons. The maximum Gasteiger partial charge on any atom is 0.306 e. The van der Waals surface area contributed by atoms with Gasteiger partial charge in [0.15, 0.2) is 23.3 Å². The molecule has 112 valence electrons. The van der Waals surface area contributed by atoms with Crippen molar-refractivity contribution in [1.82, 2.24) is 19.5 Å². The fourth-order valence-electron chi connectivity index (χ4n) is 1.75. The predicted molar refractivity (Wildman–Crippen MR) is 70.4 cm³/mol. The van der Waals surface area contributed by atoms with E-state index in [1.54, 1.807) is 6.92 Å². The maximum absolute atomic E-state index is 11.8. The second kappa shape index (κ2) is 5.71. The van der Waals surface area contributed by atoms with Gasteiger partial charge in [-0.15, -0.1) is 0 Å². The molecule has 0 saturated carbocycles. The Balaban J connectivity index is 2.71. The zero-order valence-corrected chi connectivity index (χ0v) is 11.3. The van der Waals surface area contributed by atoms with Crippen LogP contribution in [0.15, 0.2) is 4.79 Å². The van der Waals surface area contributed by atoms with Gasteiger partial charge in [0.25, 0.3) is 12.0 Å². The van der Waals surface area contributed by atoms with Crippen molar-refractivity contribution >= 4 is 29.4 Å². The normalized spacial score (nSPS) is 12.3. The van der Waals surface area contributed by atoms with E-state index in [0.29, 0.717) is 6.29 Å². The molecule has 0 saturated heterocycles. The van der Waals surface area contributed by atoms with Crippen LogP contribution >= 0.6 is 0 Å². The Labute approximate surface area is 117 Å². The Morgan fingerprint density at radius 1 is 1.52 bits per heavy atom. The van der Waals surface area contributed by atoms with E-state index in [9.17, 15) is 14.4 Å². The van der Waals surface area contributed by atoms with Gasteiger partial charge in [0.05, 0.1) is 0 Å². The summed E-state index contributed by atoms with van der Waals surface area (Å²) in [5.74, 6) is -0.970. The van der Waals surface area contributed by atoms with E-state index in [0.717, 1.165) is 4.57 Å². The minimum Gasteiger partial charge on any atom is -0.416 e. The number of esters is 1. The number of nitrogen functional groups attached to an aromatic ring is 1. The number of aldehydes is 1. The van der Waals surface area contributed by atoms with Gasteiger partial charge in [-0.25, -0.2) is 9.55 Å². The van der Waals surface area contributed by atoms with Crippen molar-refractivity contribution < 1.29 is 19.1 Å². The summed E-state index contributed by atoms with van der Waals surface area (Å²) < 4.78 is 11.3. The number of rotatable bonds is 5. The third-order valence-corrected chi connectivity index (χ3v) is 2.49. The molecular formula is C11H13N5O5. The van der Waals surface area contributed by atoms with E-state index in [1.165, 1.54) is 6.92 Å². The third kappa shape index (κ3) is 2.74. The van der Waals surface area contributed by atoms with Crippen LogP contribution in [0.25, 0.3) is 11.2 Å². The molecule has 1 atom stereocenters. The van der Waals surface area contributed by atoms with Crippen molar-refractivity contribution in [1.29, 1.82) is 0 Å². The molecule has 21 heavy (non-hydrogen) atoms. The number of nitrogens with two attached hydrogens (primary N) is 1. The zero-order chi connectivity index (χ0) is 15.6. The van der Waals surface area contributed by atoms with Gasteiger partial charge in [0.1, 0.15) is 0 Å². The summed E-state index contributed by atoms with van der Waals surface area (Å²) in [7, 11) is 0. The van der Waals surface area contributed by atoms with Gasteiger partial charge in [-0.1, -0.05) is 0 Å². The first-order valence-corrected chi connectivity index (χ1v) is 5.99. The molecule has 2 aromatic heterocycles. The van der Waals surface area contributed by atoms with Crippen LogP contribution < -0.4 is 11.3 Å². The number of nitrogens with one attached hydrogen (secondary N) is 1. The monoisotopic (exact) mass is 295 g/mol. The molecule has 3 N–H and O–H groups in total. The van der Waals surface area contributed by atoms with E-state index in [4.69, 9.17) is 15.2 Å². The summed E-state index contributed by atoms with van der Waals surface area (Å²) in [6.45, 7) is 3.04. The smallest absolute Gasteiger partial charge is 0.306 e. The average molecular weight is 295 g/mol. The fraction of sp³-hybridized carbons (Fsp3) is 0.364. The standard InChI is InChI=1S/C11H13N5O5/c1-3-20-11(21-5(2)18)16-6(4-17)13-7-8(16)14-10(12)15-9(7)19/h4,11H,3H2,1-2H3,(H3,12,14,15,19). The number of carbonyl (C=O) groups is 2. The Morgan fingerprint density at radius 3 is 2.81 bits per heavy atom. The first-order valence-electron chi connectivity index (χ1n) is 5.99. The molecule has 0 aliphatic rings. The lowest BCUT2D eigenvalue weighted by Gasteiger charge is -2.18. The van der Waals surface area contributed by atoms with Crippen molar-refractivity contribution in [3.05, 3.63) is 16.2 Å². The summed E-state index contributed by atoms with van der Waals surface area (Å²) in [5.41, 5.74) is 4.74. The van der Waals surface area contributed by atoms with Crippen LogP contribution in [0.4, 0.5) is 5.95 Å². The largest absolute Gasteiger partial charge is 0.416 e. The van der Waals surface area contributed by atoms with Gasteiger partial charge >= 0.3 is 5.97 Å². The van der Waals surface area contributed by atoms with Crippen molar-refractivity contribution in [2.75, 3.05) is 12.3 Å². The topological polar surface area (TPSA) is 142 Å². The lowest BCUT2D eigenvalue weighted by atomic mass is 10.5. The van der Waals surface area contributed by atoms with E-state index >= 15 is 0 Å². The Bertz CT molecular complexity index is 749. The number of aromatic amines is 1. The highest BCUT2D eigenvalue weighted by Gasteiger charge is 2.24. The molecule has 2 aromatic rings. The van der Waals surface area contributed by atoms with Crippen LogP contribution in [0.2, 0.25) is 0 Å². The molecule has 10 nitrogen and oxygen atoms in total. The van der Waals surface area contributed by atoms with Crippen LogP contribution in [0.1, 0.15) is 30.9 Å². The number of H-pyrrole nitrogens is 1. The fourth-order valence-corrected chi connectivity index (χ4v) is 1.75. The second-order valence-electron chi connectivity index (χ2n) is 3.95. The molecule has 0 bridgehead atoms. The third-order valence-electron chi connectivity index (χ3n) is 2.49. The highest BCUT2D eigenvalue weighted by molar-refractivity contribution is 5.80. The molecule has 0 amide bonds. The number of anilines is 1. The molecular weight excluding hydrogens is 282 g/mol. The van der Waals surface area contributed by atoms with Gasteiger partial charge in [-0.3, -0.25) is 19.4 Å². The predicted octanol–water partition coefficient (Wildman–Crippen LogP) is -0.430. The van der Waals surface area contributed by atoms with Gasteiger partial charge < -0.3 is 15.2 Å². The van der Waals surface area contributed by atoms with Crippen molar-refractivity contribution in [3.63, 3.8) is 0 Å². The van der Waals surface area contributed by atoms with E-state index in [1.807, 2.05) is 0 Å². The van der Waals surface area contributed by atoms with Crippen LogP contribution in [0.3, 0.4) is 0 Å². The van der Waals surface area contributed by atoms with Crippen LogP contribution in [-0.4, -0.2) is 38.4 Å². The van der Waals surface area contributed by atoms with Gasteiger partial charge in [0, 0.05) is 13.5 Å². The summed E-state index contributed by atoms with van der Waals surface area (Å²) in [5, 5.41) is 0. The number of aromatic nitrogens is 4. The number of fused-ring (bicyclic) bond motifs is 1. The van der Waals surface area contributed by atoms with Gasteiger partial charge in [-0.2, -0.15) is 4.98 Å². The molecule has 0 spiro atoms. The number of ether oxygens (including phenoxy) is 2. The molecule has 2 heterocycles. The minimum absolute atomic E-state index is 0.0157. The molecule has 0 aliphatic carbocycles. The quantitative estimate of drug-likeness (QED) is 0.430. The number of hydrogen-bond acceptors (Lipinski definition) is 8. The van der Waals surface area contributed by atoms with Crippen LogP contribution in [0, 0.1) is 0 Å². The molecule has 1 unspecified atom stereocenters.